The number of hydrogen-bond acceptors (Lipinski definition) is 4. The maximum absolute atomic E-state index is 12.8. The smallest absolute Gasteiger partial charge is 0.242 e. The Bertz CT molecular complexity index is 639. The van der Waals surface area contributed by atoms with Crippen molar-refractivity contribution >= 4 is 11.8 Å². The average molecular weight is 373 g/mol. The van der Waals surface area contributed by atoms with E-state index in [9.17, 15) is 9.59 Å². The molecule has 2 atom stereocenters. The Labute approximate surface area is 162 Å². The Morgan fingerprint density at radius 3 is 2.48 bits per heavy atom. The molecule has 0 saturated carbocycles. The molecule has 2 aliphatic heterocycles. The van der Waals surface area contributed by atoms with Gasteiger partial charge in [-0.2, -0.15) is 0 Å². The van der Waals surface area contributed by atoms with Gasteiger partial charge in [-0.1, -0.05) is 44.2 Å². The largest absolute Gasteiger partial charge is 0.341 e. The monoisotopic (exact) mass is 372 g/mol. The molecule has 2 fully saturated rings. The normalized spacial score (nSPS) is 24.9. The zero-order valence-electron chi connectivity index (χ0n) is 16.7. The van der Waals surface area contributed by atoms with Gasteiger partial charge in [0, 0.05) is 45.8 Å². The highest BCUT2D eigenvalue weighted by Crippen LogP contribution is 2.27. The molecule has 148 valence electrons. The fraction of sp³-hybridized carbons (Fsp3) is 0.619. The van der Waals surface area contributed by atoms with Crippen molar-refractivity contribution in [2.24, 2.45) is 11.8 Å². The molecular weight excluding hydrogens is 340 g/mol. The fourth-order valence-corrected chi connectivity index (χ4v) is 4.65. The van der Waals surface area contributed by atoms with Crippen molar-refractivity contribution < 1.29 is 9.59 Å². The lowest BCUT2D eigenvalue weighted by atomic mass is 9.84. The Balaban J connectivity index is 1.57. The minimum absolute atomic E-state index is 0.0155. The van der Waals surface area contributed by atoms with Gasteiger partial charge < -0.3 is 15.1 Å². The van der Waals surface area contributed by atoms with Crippen LogP contribution in [0.15, 0.2) is 30.3 Å². The highest BCUT2D eigenvalue weighted by Gasteiger charge is 2.37. The van der Waals surface area contributed by atoms with Gasteiger partial charge in [-0.05, 0) is 17.4 Å². The van der Waals surface area contributed by atoms with Gasteiger partial charge in [-0.15, -0.1) is 0 Å². The molecule has 27 heavy (non-hydrogen) atoms. The molecule has 3 rings (SSSR count). The molecule has 0 unspecified atom stereocenters. The number of nitrogens with zero attached hydrogens (tertiary/aromatic N) is 3. The molecule has 2 aliphatic rings. The number of nitrogens with one attached hydrogen (secondary N) is 1. The molecule has 2 heterocycles. The first-order valence-electron chi connectivity index (χ1n) is 9.96. The van der Waals surface area contributed by atoms with Crippen molar-refractivity contribution in [3.8, 4) is 0 Å². The summed E-state index contributed by atoms with van der Waals surface area (Å²) in [6.07, 6.45) is 0. The van der Waals surface area contributed by atoms with E-state index >= 15 is 0 Å². The summed E-state index contributed by atoms with van der Waals surface area (Å²) in [7, 11) is 1.90. The quantitative estimate of drug-likeness (QED) is 0.839. The van der Waals surface area contributed by atoms with Crippen LogP contribution in [0.3, 0.4) is 0 Å². The Hall–Kier alpha value is -1.92. The van der Waals surface area contributed by atoms with Gasteiger partial charge >= 0.3 is 0 Å². The number of carbonyl (C=O) groups is 2. The summed E-state index contributed by atoms with van der Waals surface area (Å²) in [5.74, 6) is 0.850. The van der Waals surface area contributed by atoms with Crippen LogP contribution in [-0.2, 0) is 16.1 Å². The summed E-state index contributed by atoms with van der Waals surface area (Å²) in [6.45, 7) is 9.28. The SMILES string of the molecule is C[C@H]1CN(Cc2ccccc2)C[C@H](C)C1N(C)C(=O)CN1CCNCC1=O. The van der Waals surface area contributed by atoms with E-state index in [1.807, 2.05) is 18.0 Å². The molecular formula is C21H32N4O2. The number of likely N-dealkylation sites (tertiary alicyclic amines) is 1. The third kappa shape index (κ3) is 4.87. The number of carbonyl (C=O) groups excluding carboxylic acids is 2. The van der Waals surface area contributed by atoms with E-state index < -0.39 is 0 Å². The number of likely N-dealkylation sites (N-methyl/N-ethyl adjacent to an activating group) is 1. The number of hydrogen-bond donors (Lipinski definition) is 1. The molecule has 1 N–H and O–H groups in total. The van der Waals surface area contributed by atoms with Crippen molar-refractivity contribution in [3.63, 3.8) is 0 Å². The topological polar surface area (TPSA) is 55.9 Å². The van der Waals surface area contributed by atoms with Gasteiger partial charge in [0.15, 0.2) is 0 Å². The first kappa shape index (κ1) is 19.8. The molecule has 1 aromatic carbocycles. The first-order valence-corrected chi connectivity index (χ1v) is 9.96. The van der Waals surface area contributed by atoms with Crippen LogP contribution < -0.4 is 5.32 Å². The minimum atomic E-state index is 0.0155. The lowest BCUT2D eigenvalue weighted by Gasteiger charge is -2.46. The molecule has 2 saturated heterocycles. The van der Waals surface area contributed by atoms with Crippen LogP contribution in [0.1, 0.15) is 19.4 Å². The van der Waals surface area contributed by atoms with Crippen molar-refractivity contribution in [3.05, 3.63) is 35.9 Å². The van der Waals surface area contributed by atoms with Gasteiger partial charge in [-0.3, -0.25) is 14.5 Å². The second-order valence-corrected chi connectivity index (χ2v) is 8.12. The Kier molecular flexibility index (Phi) is 6.50. The third-order valence-corrected chi connectivity index (χ3v) is 5.86. The Morgan fingerprint density at radius 2 is 1.85 bits per heavy atom. The van der Waals surface area contributed by atoms with Crippen molar-refractivity contribution in [2.45, 2.75) is 26.4 Å². The van der Waals surface area contributed by atoms with E-state index in [4.69, 9.17) is 0 Å². The number of benzene rings is 1. The summed E-state index contributed by atoms with van der Waals surface area (Å²) >= 11 is 0. The number of piperazine rings is 1. The van der Waals surface area contributed by atoms with Crippen LogP contribution in [-0.4, -0.2) is 78.9 Å². The molecule has 1 aromatic rings. The van der Waals surface area contributed by atoms with Gasteiger partial charge in [0.2, 0.25) is 11.8 Å². The minimum Gasteiger partial charge on any atom is -0.341 e. The molecule has 6 heteroatoms. The van der Waals surface area contributed by atoms with Crippen LogP contribution in [0, 0.1) is 11.8 Å². The molecule has 6 nitrogen and oxygen atoms in total. The fourth-order valence-electron chi connectivity index (χ4n) is 4.65. The van der Waals surface area contributed by atoms with E-state index in [-0.39, 0.29) is 24.4 Å². The molecule has 2 amide bonds. The van der Waals surface area contributed by atoms with Crippen LogP contribution >= 0.6 is 0 Å². The number of amides is 2. The summed E-state index contributed by atoms with van der Waals surface area (Å²) in [4.78, 5) is 30.8. The van der Waals surface area contributed by atoms with Crippen LogP contribution in [0.2, 0.25) is 0 Å². The first-order chi connectivity index (χ1) is 13.0. The third-order valence-electron chi connectivity index (χ3n) is 5.86. The molecule has 0 bridgehead atoms. The summed E-state index contributed by atoms with van der Waals surface area (Å²) in [5.41, 5.74) is 1.33. The lowest BCUT2D eigenvalue weighted by Crippen LogP contribution is -2.57. The van der Waals surface area contributed by atoms with Crippen molar-refractivity contribution in [1.29, 1.82) is 0 Å². The maximum atomic E-state index is 12.8. The van der Waals surface area contributed by atoms with E-state index in [1.165, 1.54) is 5.56 Å². The molecule has 0 aromatic heterocycles. The van der Waals surface area contributed by atoms with Crippen molar-refractivity contribution in [1.82, 2.24) is 20.0 Å². The highest BCUT2D eigenvalue weighted by atomic mass is 16.2. The van der Waals surface area contributed by atoms with Gasteiger partial charge in [0.05, 0.1) is 13.1 Å². The van der Waals surface area contributed by atoms with E-state index in [2.05, 4.69) is 48.3 Å². The molecule has 0 spiro atoms. The van der Waals surface area contributed by atoms with Crippen LogP contribution in [0.25, 0.3) is 0 Å². The second kappa shape index (κ2) is 8.85. The van der Waals surface area contributed by atoms with Crippen LogP contribution in [0.4, 0.5) is 0 Å². The number of piperidine rings is 1. The van der Waals surface area contributed by atoms with E-state index in [1.54, 1.807) is 4.90 Å². The predicted octanol–water partition coefficient (Wildman–Crippen LogP) is 1.03. The summed E-state index contributed by atoms with van der Waals surface area (Å²) in [5, 5.41) is 3.05. The zero-order chi connectivity index (χ0) is 19.4. The maximum Gasteiger partial charge on any atom is 0.242 e. The molecule has 0 radical (unpaired) electrons. The average Bonchev–Trinajstić information content (AvgIpc) is 2.63. The van der Waals surface area contributed by atoms with Gasteiger partial charge in [0.1, 0.15) is 0 Å². The summed E-state index contributed by atoms with van der Waals surface area (Å²) in [6, 6.07) is 10.8. The zero-order valence-corrected chi connectivity index (χ0v) is 16.7. The summed E-state index contributed by atoms with van der Waals surface area (Å²) < 4.78 is 0. The standard InChI is InChI=1S/C21H32N4O2/c1-16-12-24(14-18-7-5-4-6-8-18)13-17(2)21(16)23(3)20(27)15-25-10-9-22-11-19(25)26/h4-8,16-17,21-22H,9-15H2,1-3H3/t16-,17-/m0/s1. The Morgan fingerprint density at radius 1 is 1.19 bits per heavy atom. The van der Waals surface area contributed by atoms with Gasteiger partial charge in [-0.25, -0.2) is 0 Å². The van der Waals surface area contributed by atoms with Gasteiger partial charge in [0.25, 0.3) is 0 Å². The van der Waals surface area contributed by atoms with E-state index in [0.717, 1.165) is 26.2 Å². The van der Waals surface area contributed by atoms with Crippen LogP contribution in [0.5, 0.6) is 0 Å². The van der Waals surface area contributed by atoms with Crippen molar-refractivity contribution in [2.75, 3.05) is 46.3 Å². The lowest BCUT2D eigenvalue weighted by molar-refractivity contribution is -0.143. The highest BCUT2D eigenvalue weighted by molar-refractivity contribution is 5.86. The molecule has 0 aliphatic carbocycles. The second-order valence-electron chi connectivity index (χ2n) is 8.12. The van der Waals surface area contributed by atoms with E-state index in [0.29, 0.717) is 24.9 Å². The number of rotatable bonds is 5. The predicted molar refractivity (Wildman–Crippen MR) is 106 cm³/mol.